The van der Waals surface area contributed by atoms with Crippen LogP contribution in [0.25, 0.3) is 0 Å². The number of piperazine rings is 1. The van der Waals surface area contributed by atoms with E-state index in [1.54, 1.807) is 0 Å². The summed E-state index contributed by atoms with van der Waals surface area (Å²) in [6.07, 6.45) is 12.3. The lowest BCUT2D eigenvalue weighted by molar-refractivity contribution is 0.0849. The van der Waals surface area contributed by atoms with Crippen LogP contribution in [0.4, 0.5) is 0 Å². The average Bonchev–Trinajstić information content (AvgIpc) is 2.49. The van der Waals surface area contributed by atoms with E-state index in [-0.39, 0.29) is 0 Å². The van der Waals surface area contributed by atoms with E-state index in [0.717, 1.165) is 23.9 Å². The summed E-state index contributed by atoms with van der Waals surface area (Å²) in [7, 11) is 0. The Morgan fingerprint density at radius 3 is 2.62 bits per heavy atom. The molecular weight excluding hydrogens is 276 g/mol. The predicted molar refractivity (Wildman–Crippen MR) is 96.2 cm³/mol. The van der Waals surface area contributed by atoms with E-state index in [1.807, 2.05) is 11.8 Å². The van der Waals surface area contributed by atoms with Crippen molar-refractivity contribution in [2.45, 2.75) is 70.9 Å². The standard InChI is InChI=1S/C18H36N2S/c1-15(2)12-17-13-19-18(16-8-5-4-6-9-16)14-20(17)10-7-11-21-3/h15-19H,4-14H2,1-3H3. The van der Waals surface area contributed by atoms with Crippen LogP contribution in [0.5, 0.6) is 0 Å². The zero-order valence-electron chi connectivity index (χ0n) is 14.4. The zero-order chi connectivity index (χ0) is 15.1. The smallest absolute Gasteiger partial charge is 0.0224 e. The SMILES string of the molecule is CSCCCN1CC(C2CCCCC2)NCC1CC(C)C. The van der Waals surface area contributed by atoms with Crippen molar-refractivity contribution in [2.24, 2.45) is 11.8 Å². The summed E-state index contributed by atoms with van der Waals surface area (Å²) in [6.45, 7) is 8.57. The fourth-order valence-corrected chi connectivity index (χ4v) is 4.62. The highest BCUT2D eigenvalue weighted by molar-refractivity contribution is 7.98. The molecule has 1 saturated carbocycles. The molecule has 1 aliphatic heterocycles. The molecule has 3 heteroatoms. The predicted octanol–water partition coefficient (Wildman–Crippen LogP) is 4.01. The highest BCUT2D eigenvalue weighted by Gasteiger charge is 2.32. The zero-order valence-corrected chi connectivity index (χ0v) is 15.3. The molecule has 1 saturated heterocycles. The molecule has 0 bridgehead atoms. The second-order valence-electron chi connectivity index (χ2n) is 7.54. The van der Waals surface area contributed by atoms with Gasteiger partial charge in [-0.15, -0.1) is 0 Å². The minimum absolute atomic E-state index is 0.767. The third-order valence-corrected chi connectivity index (χ3v) is 6.02. The van der Waals surface area contributed by atoms with Crippen LogP contribution >= 0.6 is 11.8 Å². The van der Waals surface area contributed by atoms with Gasteiger partial charge in [0.1, 0.15) is 0 Å². The van der Waals surface area contributed by atoms with Crippen LogP contribution in [0.3, 0.4) is 0 Å². The molecule has 2 unspecified atom stereocenters. The molecular formula is C18H36N2S. The first-order chi connectivity index (χ1) is 10.2. The Labute approximate surface area is 136 Å². The van der Waals surface area contributed by atoms with E-state index in [2.05, 4.69) is 30.3 Å². The second-order valence-corrected chi connectivity index (χ2v) is 8.52. The van der Waals surface area contributed by atoms with Gasteiger partial charge in [-0.3, -0.25) is 4.90 Å². The number of hydrogen-bond acceptors (Lipinski definition) is 3. The van der Waals surface area contributed by atoms with Crippen molar-refractivity contribution in [3.8, 4) is 0 Å². The van der Waals surface area contributed by atoms with Gasteiger partial charge < -0.3 is 5.32 Å². The fourth-order valence-electron chi connectivity index (χ4n) is 4.20. The van der Waals surface area contributed by atoms with E-state index in [9.17, 15) is 0 Å². The summed E-state index contributed by atoms with van der Waals surface area (Å²) in [5.74, 6) is 3.07. The molecule has 2 nitrogen and oxygen atoms in total. The molecule has 2 aliphatic rings. The van der Waals surface area contributed by atoms with E-state index >= 15 is 0 Å². The summed E-state index contributed by atoms with van der Waals surface area (Å²) in [5, 5.41) is 3.92. The third-order valence-electron chi connectivity index (χ3n) is 5.32. The van der Waals surface area contributed by atoms with Crippen LogP contribution in [0.15, 0.2) is 0 Å². The molecule has 21 heavy (non-hydrogen) atoms. The van der Waals surface area contributed by atoms with Gasteiger partial charge in [-0.25, -0.2) is 0 Å². The molecule has 1 N–H and O–H groups in total. The third kappa shape index (κ3) is 5.76. The van der Waals surface area contributed by atoms with Gasteiger partial charge in [-0.1, -0.05) is 33.1 Å². The van der Waals surface area contributed by atoms with E-state index in [1.165, 1.54) is 70.3 Å². The van der Waals surface area contributed by atoms with Crippen LogP contribution in [-0.2, 0) is 0 Å². The number of rotatable bonds is 7. The first-order valence-corrected chi connectivity index (χ1v) is 10.6. The highest BCUT2D eigenvalue weighted by Crippen LogP contribution is 2.29. The van der Waals surface area contributed by atoms with Gasteiger partial charge in [0, 0.05) is 25.2 Å². The molecule has 2 atom stereocenters. The van der Waals surface area contributed by atoms with Gasteiger partial charge in [-0.05, 0) is 56.1 Å². The summed E-state index contributed by atoms with van der Waals surface area (Å²) < 4.78 is 0. The van der Waals surface area contributed by atoms with Crippen molar-refractivity contribution in [1.82, 2.24) is 10.2 Å². The molecule has 0 aromatic heterocycles. The largest absolute Gasteiger partial charge is 0.311 e. The Kier molecular flexibility index (Phi) is 7.90. The van der Waals surface area contributed by atoms with Crippen molar-refractivity contribution in [2.75, 3.05) is 31.6 Å². The van der Waals surface area contributed by atoms with Crippen molar-refractivity contribution in [1.29, 1.82) is 0 Å². The van der Waals surface area contributed by atoms with Gasteiger partial charge >= 0.3 is 0 Å². The Balaban J connectivity index is 1.87. The summed E-state index contributed by atoms with van der Waals surface area (Å²) >= 11 is 1.99. The number of thioether (sulfide) groups is 1. The molecule has 0 radical (unpaired) electrons. The van der Waals surface area contributed by atoms with Crippen LogP contribution in [-0.4, -0.2) is 48.6 Å². The summed E-state index contributed by atoms with van der Waals surface area (Å²) in [4.78, 5) is 2.83. The fraction of sp³-hybridized carbons (Fsp3) is 1.00. The lowest BCUT2D eigenvalue weighted by Crippen LogP contribution is -2.59. The topological polar surface area (TPSA) is 15.3 Å². The minimum Gasteiger partial charge on any atom is -0.311 e. The van der Waals surface area contributed by atoms with Gasteiger partial charge in [0.05, 0.1) is 0 Å². The number of hydrogen-bond donors (Lipinski definition) is 1. The lowest BCUT2D eigenvalue weighted by atomic mass is 9.82. The monoisotopic (exact) mass is 312 g/mol. The quantitative estimate of drug-likeness (QED) is 0.715. The molecule has 2 rings (SSSR count). The molecule has 0 spiro atoms. The first-order valence-electron chi connectivity index (χ1n) is 9.17. The highest BCUT2D eigenvalue weighted by atomic mass is 32.2. The van der Waals surface area contributed by atoms with Gasteiger partial charge in [0.2, 0.25) is 0 Å². The molecule has 1 heterocycles. The maximum atomic E-state index is 3.92. The molecule has 1 aliphatic carbocycles. The maximum absolute atomic E-state index is 3.92. The van der Waals surface area contributed by atoms with Gasteiger partial charge in [0.25, 0.3) is 0 Å². The number of nitrogens with one attached hydrogen (secondary N) is 1. The van der Waals surface area contributed by atoms with Gasteiger partial charge in [-0.2, -0.15) is 11.8 Å². The second kappa shape index (κ2) is 9.42. The van der Waals surface area contributed by atoms with Crippen molar-refractivity contribution >= 4 is 11.8 Å². The van der Waals surface area contributed by atoms with Crippen LogP contribution < -0.4 is 5.32 Å². The Morgan fingerprint density at radius 2 is 1.95 bits per heavy atom. The van der Waals surface area contributed by atoms with Gasteiger partial charge in [0.15, 0.2) is 0 Å². The van der Waals surface area contributed by atoms with Crippen molar-refractivity contribution in [3.05, 3.63) is 0 Å². The Hall–Kier alpha value is 0.270. The molecule has 0 aromatic carbocycles. The summed E-state index contributed by atoms with van der Waals surface area (Å²) in [6, 6.07) is 1.54. The van der Waals surface area contributed by atoms with Crippen LogP contribution in [0.2, 0.25) is 0 Å². The normalized spacial score (nSPS) is 29.1. The first kappa shape index (κ1) is 17.6. The van der Waals surface area contributed by atoms with Crippen molar-refractivity contribution in [3.63, 3.8) is 0 Å². The minimum atomic E-state index is 0.767. The maximum Gasteiger partial charge on any atom is 0.0224 e. The molecule has 2 fully saturated rings. The Morgan fingerprint density at radius 1 is 1.19 bits per heavy atom. The van der Waals surface area contributed by atoms with Crippen molar-refractivity contribution < 1.29 is 0 Å². The van der Waals surface area contributed by atoms with E-state index in [0.29, 0.717) is 0 Å². The molecule has 124 valence electrons. The summed E-state index contributed by atoms with van der Waals surface area (Å²) in [5.41, 5.74) is 0. The number of nitrogens with zero attached hydrogens (tertiary/aromatic N) is 1. The van der Waals surface area contributed by atoms with Crippen LogP contribution in [0, 0.1) is 11.8 Å². The van der Waals surface area contributed by atoms with Crippen LogP contribution in [0.1, 0.15) is 58.8 Å². The van der Waals surface area contributed by atoms with E-state index in [4.69, 9.17) is 0 Å². The molecule has 0 aromatic rings. The lowest BCUT2D eigenvalue weighted by Gasteiger charge is -2.44. The van der Waals surface area contributed by atoms with E-state index < -0.39 is 0 Å². The average molecular weight is 313 g/mol. The Bertz CT molecular complexity index is 276. The molecule has 0 amide bonds.